The average Bonchev–Trinajstić information content (AvgIpc) is 2.71. The fourth-order valence-corrected chi connectivity index (χ4v) is 2.43. The largest absolute Gasteiger partial charge is 0.454 e. The molecule has 1 saturated heterocycles. The second-order valence-corrected chi connectivity index (χ2v) is 4.85. The lowest BCUT2D eigenvalue weighted by molar-refractivity contribution is -0.130. The quantitative estimate of drug-likeness (QED) is 0.855. The van der Waals surface area contributed by atoms with Crippen LogP contribution in [0.2, 0.25) is 0 Å². The van der Waals surface area contributed by atoms with E-state index >= 15 is 0 Å². The molecule has 1 aromatic carbocycles. The van der Waals surface area contributed by atoms with Crippen LogP contribution in [0.25, 0.3) is 0 Å². The van der Waals surface area contributed by atoms with E-state index in [1.807, 2.05) is 23.1 Å². The van der Waals surface area contributed by atoms with Gasteiger partial charge in [-0.1, -0.05) is 6.07 Å². The molecule has 3 rings (SSSR count). The van der Waals surface area contributed by atoms with Crippen LogP contribution in [0.1, 0.15) is 12.0 Å². The van der Waals surface area contributed by atoms with Crippen molar-refractivity contribution in [2.24, 2.45) is 0 Å². The van der Waals surface area contributed by atoms with E-state index < -0.39 is 0 Å². The van der Waals surface area contributed by atoms with E-state index in [2.05, 4.69) is 5.32 Å². The van der Waals surface area contributed by atoms with E-state index in [0.29, 0.717) is 6.42 Å². The van der Waals surface area contributed by atoms with Crippen LogP contribution in [0.15, 0.2) is 18.2 Å². The zero-order chi connectivity index (χ0) is 13.1. The summed E-state index contributed by atoms with van der Waals surface area (Å²) in [5.74, 6) is 1.68. The molecule has 2 aliphatic rings. The Hall–Kier alpha value is -1.75. The van der Waals surface area contributed by atoms with Crippen molar-refractivity contribution >= 4 is 5.91 Å². The minimum absolute atomic E-state index is 0.183. The van der Waals surface area contributed by atoms with Crippen molar-refractivity contribution < 1.29 is 14.3 Å². The molecule has 0 unspecified atom stereocenters. The van der Waals surface area contributed by atoms with Gasteiger partial charge in [0.05, 0.1) is 6.42 Å². The van der Waals surface area contributed by atoms with Gasteiger partial charge in [-0.15, -0.1) is 0 Å². The van der Waals surface area contributed by atoms with Gasteiger partial charge in [0.25, 0.3) is 0 Å². The van der Waals surface area contributed by atoms with E-state index in [-0.39, 0.29) is 12.7 Å². The van der Waals surface area contributed by atoms with E-state index in [1.165, 1.54) is 0 Å². The van der Waals surface area contributed by atoms with E-state index in [4.69, 9.17) is 9.47 Å². The zero-order valence-electron chi connectivity index (χ0n) is 10.9. The summed E-state index contributed by atoms with van der Waals surface area (Å²) in [7, 11) is 0. The minimum Gasteiger partial charge on any atom is -0.454 e. The smallest absolute Gasteiger partial charge is 0.231 e. The Labute approximate surface area is 112 Å². The Kier molecular flexibility index (Phi) is 3.55. The van der Waals surface area contributed by atoms with Gasteiger partial charge in [-0.3, -0.25) is 4.79 Å². The van der Waals surface area contributed by atoms with Crippen LogP contribution < -0.4 is 14.8 Å². The number of carbonyl (C=O) groups is 1. The topological polar surface area (TPSA) is 50.8 Å². The summed E-state index contributed by atoms with van der Waals surface area (Å²) in [4.78, 5) is 14.2. The predicted molar refractivity (Wildman–Crippen MR) is 70.3 cm³/mol. The zero-order valence-corrected chi connectivity index (χ0v) is 10.9. The molecule has 0 atom stereocenters. The monoisotopic (exact) mass is 262 g/mol. The second-order valence-electron chi connectivity index (χ2n) is 4.85. The maximum atomic E-state index is 12.2. The van der Waals surface area contributed by atoms with Gasteiger partial charge in [-0.25, -0.2) is 0 Å². The highest BCUT2D eigenvalue weighted by atomic mass is 16.7. The Morgan fingerprint density at radius 3 is 3.05 bits per heavy atom. The molecule has 2 aliphatic heterocycles. The SMILES string of the molecule is O=C(Cc1ccc2c(c1)OCO2)N1CCCNCC1. The molecule has 0 bridgehead atoms. The Balaban J connectivity index is 1.65. The molecule has 5 nitrogen and oxygen atoms in total. The molecule has 0 saturated carbocycles. The van der Waals surface area contributed by atoms with Gasteiger partial charge in [-0.2, -0.15) is 0 Å². The lowest BCUT2D eigenvalue weighted by Gasteiger charge is -2.20. The number of hydrogen-bond acceptors (Lipinski definition) is 4. The number of rotatable bonds is 2. The molecule has 0 radical (unpaired) electrons. The van der Waals surface area contributed by atoms with Gasteiger partial charge >= 0.3 is 0 Å². The first-order chi connectivity index (χ1) is 9.33. The number of fused-ring (bicyclic) bond motifs is 1. The summed E-state index contributed by atoms with van der Waals surface area (Å²) in [6, 6.07) is 5.70. The molecule has 1 fully saturated rings. The third-order valence-electron chi connectivity index (χ3n) is 3.49. The average molecular weight is 262 g/mol. The minimum atomic E-state index is 0.183. The highest BCUT2D eigenvalue weighted by Crippen LogP contribution is 2.32. The van der Waals surface area contributed by atoms with Gasteiger partial charge < -0.3 is 19.7 Å². The lowest BCUT2D eigenvalue weighted by atomic mass is 10.1. The highest BCUT2D eigenvalue weighted by molar-refractivity contribution is 5.79. The number of benzene rings is 1. The summed E-state index contributed by atoms with van der Waals surface area (Å²) < 4.78 is 10.6. The summed E-state index contributed by atoms with van der Waals surface area (Å²) in [6.07, 6.45) is 1.45. The molecule has 0 spiro atoms. The van der Waals surface area contributed by atoms with E-state index in [1.54, 1.807) is 0 Å². The van der Waals surface area contributed by atoms with Crippen LogP contribution in [0.4, 0.5) is 0 Å². The van der Waals surface area contributed by atoms with Gasteiger partial charge in [0.1, 0.15) is 0 Å². The molecule has 0 aromatic heterocycles. The molecule has 19 heavy (non-hydrogen) atoms. The first-order valence-electron chi connectivity index (χ1n) is 6.70. The van der Waals surface area contributed by atoms with Crippen molar-refractivity contribution in [1.82, 2.24) is 10.2 Å². The van der Waals surface area contributed by atoms with Crippen LogP contribution in [-0.4, -0.2) is 43.8 Å². The normalized spacial score (nSPS) is 18.2. The molecule has 1 amide bonds. The number of nitrogens with one attached hydrogen (secondary N) is 1. The molecular weight excluding hydrogens is 244 g/mol. The third kappa shape index (κ3) is 2.81. The Morgan fingerprint density at radius 1 is 1.21 bits per heavy atom. The first kappa shape index (κ1) is 12.3. The van der Waals surface area contributed by atoms with Gasteiger partial charge in [-0.05, 0) is 30.7 Å². The number of ether oxygens (including phenoxy) is 2. The first-order valence-corrected chi connectivity index (χ1v) is 6.70. The fourth-order valence-electron chi connectivity index (χ4n) is 2.43. The lowest BCUT2D eigenvalue weighted by Crippen LogP contribution is -2.35. The Bertz CT molecular complexity index is 468. The second kappa shape index (κ2) is 5.48. The molecule has 2 heterocycles. The van der Waals surface area contributed by atoms with Crippen LogP contribution in [0, 0.1) is 0 Å². The summed E-state index contributed by atoms with van der Waals surface area (Å²) in [5.41, 5.74) is 0.978. The van der Waals surface area contributed by atoms with Gasteiger partial charge in [0.2, 0.25) is 12.7 Å². The number of nitrogens with zero attached hydrogens (tertiary/aromatic N) is 1. The number of hydrogen-bond donors (Lipinski definition) is 1. The van der Waals surface area contributed by atoms with E-state index in [0.717, 1.165) is 49.7 Å². The number of amides is 1. The van der Waals surface area contributed by atoms with Crippen LogP contribution in [0.3, 0.4) is 0 Å². The van der Waals surface area contributed by atoms with Crippen molar-refractivity contribution in [3.05, 3.63) is 23.8 Å². The van der Waals surface area contributed by atoms with E-state index in [9.17, 15) is 4.79 Å². The molecule has 5 heteroatoms. The van der Waals surface area contributed by atoms with Crippen LogP contribution >= 0.6 is 0 Å². The van der Waals surface area contributed by atoms with Crippen molar-refractivity contribution in [2.75, 3.05) is 33.0 Å². The molecule has 102 valence electrons. The molecule has 0 aliphatic carbocycles. The maximum Gasteiger partial charge on any atom is 0.231 e. The third-order valence-corrected chi connectivity index (χ3v) is 3.49. The summed E-state index contributed by atoms with van der Waals surface area (Å²) in [6.45, 7) is 3.78. The van der Waals surface area contributed by atoms with Gasteiger partial charge in [0, 0.05) is 19.6 Å². The van der Waals surface area contributed by atoms with Crippen LogP contribution in [-0.2, 0) is 11.2 Å². The maximum absolute atomic E-state index is 12.2. The summed E-state index contributed by atoms with van der Waals surface area (Å²) in [5, 5.41) is 3.30. The highest BCUT2D eigenvalue weighted by Gasteiger charge is 2.18. The molecule has 1 N–H and O–H groups in total. The van der Waals surface area contributed by atoms with Crippen molar-refractivity contribution in [3.8, 4) is 11.5 Å². The Morgan fingerprint density at radius 2 is 2.11 bits per heavy atom. The molecular formula is C14H18N2O3. The molecule has 1 aromatic rings. The van der Waals surface area contributed by atoms with Crippen molar-refractivity contribution in [3.63, 3.8) is 0 Å². The standard InChI is InChI=1S/C14H18N2O3/c17-14(16-6-1-4-15-5-7-16)9-11-2-3-12-13(8-11)19-10-18-12/h2-3,8,15H,1,4-7,9-10H2. The van der Waals surface area contributed by atoms with Crippen molar-refractivity contribution in [2.45, 2.75) is 12.8 Å². The van der Waals surface area contributed by atoms with Crippen LogP contribution in [0.5, 0.6) is 11.5 Å². The van der Waals surface area contributed by atoms with Gasteiger partial charge in [0.15, 0.2) is 11.5 Å². The number of carbonyl (C=O) groups excluding carboxylic acids is 1. The van der Waals surface area contributed by atoms with Crippen molar-refractivity contribution in [1.29, 1.82) is 0 Å². The predicted octanol–water partition coefficient (Wildman–Crippen LogP) is 0.780. The summed E-state index contributed by atoms with van der Waals surface area (Å²) >= 11 is 0. The fraction of sp³-hybridized carbons (Fsp3) is 0.500.